The highest BCUT2D eigenvalue weighted by Gasteiger charge is 2.42. The van der Waals surface area contributed by atoms with Gasteiger partial charge in [0.15, 0.2) is 0 Å². The van der Waals surface area contributed by atoms with Crippen LogP contribution in [0.1, 0.15) is 83.5 Å². The number of hydrogen-bond donors (Lipinski definition) is 2. The molecule has 4 nitrogen and oxygen atoms in total. The van der Waals surface area contributed by atoms with Gasteiger partial charge in [-0.05, 0) is 43.4 Å². The van der Waals surface area contributed by atoms with Crippen LogP contribution in [0.15, 0.2) is 0 Å². The Kier molecular flexibility index (Phi) is 6.10. The lowest BCUT2D eigenvalue weighted by Gasteiger charge is -2.44. The van der Waals surface area contributed by atoms with Crippen LogP contribution in [0, 0.1) is 17.8 Å². The second kappa shape index (κ2) is 8.48. The van der Waals surface area contributed by atoms with Gasteiger partial charge in [-0.3, -0.25) is 0 Å². The first kappa shape index (κ1) is 17.3. The Labute approximate surface area is 148 Å². The third-order valence-corrected chi connectivity index (χ3v) is 7.24. The van der Waals surface area contributed by atoms with E-state index in [-0.39, 0.29) is 0 Å². The molecule has 4 fully saturated rings. The van der Waals surface area contributed by atoms with Crippen molar-refractivity contribution in [3.05, 3.63) is 0 Å². The first-order valence-electron chi connectivity index (χ1n) is 10.9. The lowest BCUT2D eigenvalue weighted by Crippen LogP contribution is -2.64. The molecule has 3 saturated heterocycles. The molecule has 0 aromatic rings. The second-order valence-electron chi connectivity index (χ2n) is 8.95. The Morgan fingerprint density at radius 1 is 0.708 bits per heavy atom. The van der Waals surface area contributed by atoms with Crippen molar-refractivity contribution in [3.63, 3.8) is 0 Å². The smallest absolute Gasteiger partial charge is 0.0345 e. The van der Waals surface area contributed by atoms with Crippen LogP contribution in [0.25, 0.3) is 0 Å². The van der Waals surface area contributed by atoms with Gasteiger partial charge < -0.3 is 0 Å². The van der Waals surface area contributed by atoms with E-state index in [9.17, 15) is 0 Å². The highest BCUT2D eigenvalue weighted by Crippen LogP contribution is 2.41. The van der Waals surface area contributed by atoms with E-state index in [1.807, 2.05) is 0 Å². The number of hydrazine groups is 3. The fourth-order valence-corrected chi connectivity index (χ4v) is 5.77. The Morgan fingerprint density at radius 3 is 2.29 bits per heavy atom. The van der Waals surface area contributed by atoms with Crippen LogP contribution in [0.5, 0.6) is 0 Å². The molecule has 0 amide bonds. The van der Waals surface area contributed by atoms with Crippen LogP contribution in [-0.4, -0.2) is 35.8 Å². The fourth-order valence-electron chi connectivity index (χ4n) is 5.77. The molecule has 0 radical (unpaired) electrons. The minimum Gasteiger partial charge on any atom is -0.243 e. The molecule has 3 aliphatic heterocycles. The summed E-state index contributed by atoms with van der Waals surface area (Å²) in [4.78, 5) is 0. The van der Waals surface area contributed by atoms with Crippen molar-refractivity contribution in [2.45, 2.75) is 89.5 Å². The first-order valence-corrected chi connectivity index (χ1v) is 10.9. The van der Waals surface area contributed by atoms with Crippen LogP contribution in [0.4, 0.5) is 0 Å². The van der Waals surface area contributed by atoms with Crippen molar-refractivity contribution in [1.82, 2.24) is 21.1 Å². The van der Waals surface area contributed by atoms with Crippen molar-refractivity contribution < 1.29 is 0 Å². The van der Waals surface area contributed by atoms with Gasteiger partial charge in [-0.15, -0.1) is 0 Å². The maximum atomic E-state index is 3.49. The van der Waals surface area contributed by atoms with Gasteiger partial charge >= 0.3 is 0 Å². The van der Waals surface area contributed by atoms with Gasteiger partial charge in [0, 0.05) is 25.7 Å². The predicted octanol–water partition coefficient (Wildman–Crippen LogP) is 3.86. The van der Waals surface area contributed by atoms with Gasteiger partial charge in [0.1, 0.15) is 0 Å². The van der Waals surface area contributed by atoms with Gasteiger partial charge in [-0.25, -0.2) is 10.4 Å². The van der Waals surface area contributed by atoms with E-state index in [4.69, 9.17) is 0 Å². The molecule has 1 aliphatic carbocycles. The van der Waals surface area contributed by atoms with E-state index in [0.29, 0.717) is 0 Å². The van der Waals surface area contributed by atoms with Crippen molar-refractivity contribution in [1.29, 1.82) is 0 Å². The average Bonchev–Trinajstić information content (AvgIpc) is 3.03. The summed E-state index contributed by atoms with van der Waals surface area (Å²) in [6.07, 6.45) is 19.0. The van der Waals surface area contributed by atoms with Gasteiger partial charge in [0.05, 0.1) is 0 Å². The largest absolute Gasteiger partial charge is 0.243 e. The molecular weight excluding hydrogens is 296 g/mol. The summed E-state index contributed by atoms with van der Waals surface area (Å²) in [5, 5.41) is 5.18. The summed E-state index contributed by atoms with van der Waals surface area (Å²) < 4.78 is 0. The standard InChI is InChI=1S/C20H38N4/c1-2-4-6-8-17-10-11-19-12-13-23(20(19)14-17)24-16-18(15-21-22-24)9-7-5-3-1/h17-22H,1-16H2. The third-order valence-electron chi connectivity index (χ3n) is 7.24. The van der Waals surface area contributed by atoms with Crippen LogP contribution in [0.2, 0.25) is 0 Å². The molecule has 4 bridgehead atoms. The third kappa shape index (κ3) is 4.14. The summed E-state index contributed by atoms with van der Waals surface area (Å²) in [6, 6.07) is 0.810. The lowest BCUT2D eigenvalue weighted by atomic mass is 9.77. The highest BCUT2D eigenvalue weighted by atomic mass is 15.9. The van der Waals surface area contributed by atoms with E-state index in [1.165, 1.54) is 96.6 Å². The number of nitrogens with zero attached hydrogens (tertiary/aromatic N) is 2. The van der Waals surface area contributed by atoms with Gasteiger partial charge in [0.25, 0.3) is 0 Å². The number of fused-ring (bicyclic) bond motifs is 4. The molecule has 5 unspecified atom stereocenters. The summed E-state index contributed by atoms with van der Waals surface area (Å²) in [7, 11) is 0. The Morgan fingerprint density at radius 2 is 1.46 bits per heavy atom. The molecular formula is C20H38N4. The second-order valence-corrected chi connectivity index (χ2v) is 8.95. The molecule has 1 saturated carbocycles. The Hall–Kier alpha value is -0.160. The van der Waals surface area contributed by atoms with Gasteiger partial charge in [0.2, 0.25) is 0 Å². The zero-order valence-electron chi connectivity index (χ0n) is 15.5. The molecule has 24 heavy (non-hydrogen) atoms. The highest BCUT2D eigenvalue weighted by molar-refractivity contribution is 4.91. The van der Waals surface area contributed by atoms with Crippen LogP contribution < -0.4 is 11.0 Å². The Balaban J connectivity index is 1.42. The van der Waals surface area contributed by atoms with E-state index in [1.54, 1.807) is 0 Å². The maximum absolute atomic E-state index is 3.49. The maximum Gasteiger partial charge on any atom is 0.0345 e. The zero-order chi connectivity index (χ0) is 16.2. The molecule has 3 heterocycles. The van der Waals surface area contributed by atoms with Gasteiger partial charge in [-0.1, -0.05) is 57.8 Å². The quantitative estimate of drug-likeness (QED) is 0.704. The topological polar surface area (TPSA) is 30.5 Å². The molecule has 4 heteroatoms. The van der Waals surface area contributed by atoms with Crippen molar-refractivity contribution in [2.75, 3.05) is 19.6 Å². The summed E-state index contributed by atoms with van der Waals surface area (Å²) in [6.45, 7) is 3.62. The monoisotopic (exact) mass is 334 g/mol. The Bertz CT molecular complexity index is 388. The number of hydrogen-bond acceptors (Lipinski definition) is 4. The molecule has 0 aromatic heterocycles. The van der Waals surface area contributed by atoms with E-state index >= 15 is 0 Å². The van der Waals surface area contributed by atoms with Crippen molar-refractivity contribution in [3.8, 4) is 0 Å². The first-order chi connectivity index (χ1) is 11.9. The van der Waals surface area contributed by atoms with Crippen molar-refractivity contribution in [2.24, 2.45) is 17.8 Å². The van der Waals surface area contributed by atoms with Crippen LogP contribution in [-0.2, 0) is 0 Å². The fraction of sp³-hybridized carbons (Fsp3) is 1.00. The van der Waals surface area contributed by atoms with E-state index in [0.717, 1.165) is 30.3 Å². The number of nitrogens with one attached hydrogen (secondary N) is 2. The molecule has 5 atom stereocenters. The van der Waals surface area contributed by atoms with E-state index in [2.05, 4.69) is 21.1 Å². The zero-order valence-corrected chi connectivity index (χ0v) is 15.5. The minimum atomic E-state index is 0.810. The normalized spacial score (nSPS) is 42.8. The summed E-state index contributed by atoms with van der Waals surface area (Å²) in [5.74, 6) is 2.77. The molecule has 2 N–H and O–H groups in total. The SMILES string of the molecule is C1CCCCC2CCC3CCN(C3C2)N2CC(CCCC1)CNN2. The molecule has 4 aliphatic rings. The van der Waals surface area contributed by atoms with Crippen molar-refractivity contribution >= 4 is 0 Å². The molecule has 0 spiro atoms. The van der Waals surface area contributed by atoms with Gasteiger partial charge in [-0.2, -0.15) is 10.7 Å². The number of rotatable bonds is 0. The summed E-state index contributed by atoms with van der Waals surface area (Å²) >= 11 is 0. The summed E-state index contributed by atoms with van der Waals surface area (Å²) in [5.41, 5.74) is 6.97. The van der Waals surface area contributed by atoms with Crippen LogP contribution in [0.3, 0.4) is 0 Å². The van der Waals surface area contributed by atoms with E-state index < -0.39 is 0 Å². The minimum absolute atomic E-state index is 0.810. The average molecular weight is 335 g/mol. The molecule has 0 aromatic carbocycles. The molecule has 4 rings (SSSR count). The predicted molar refractivity (Wildman–Crippen MR) is 98.8 cm³/mol. The lowest BCUT2D eigenvalue weighted by molar-refractivity contribution is -0.133. The van der Waals surface area contributed by atoms with Crippen LogP contribution >= 0.6 is 0 Å². The molecule has 138 valence electrons.